The van der Waals surface area contributed by atoms with Crippen LogP contribution < -0.4 is 5.32 Å². The topological polar surface area (TPSA) is 67.2 Å². The Labute approximate surface area is 178 Å². The number of carbonyl (C=O) groups excluding carboxylic acids is 2. The Morgan fingerprint density at radius 3 is 2.50 bits per heavy atom. The van der Waals surface area contributed by atoms with E-state index in [2.05, 4.69) is 29.5 Å². The number of β-lactam (4-membered cyclic amide) rings is 1. The first kappa shape index (κ1) is 20.6. The number of rotatable bonds is 6. The molecule has 2 aromatic rings. The van der Waals surface area contributed by atoms with Gasteiger partial charge in [-0.05, 0) is 39.2 Å². The van der Waals surface area contributed by atoms with E-state index in [0.717, 1.165) is 54.7 Å². The molecule has 2 heterocycles. The molecule has 1 saturated heterocycles. The van der Waals surface area contributed by atoms with Gasteiger partial charge in [-0.15, -0.1) is 0 Å². The van der Waals surface area contributed by atoms with Crippen LogP contribution >= 0.6 is 0 Å². The van der Waals surface area contributed by atoms with Gasteiger partial charge in [0.2, 0.25) is 11.8 Å². The van der Waals surface area contributed by atoms with E-state index >= 15 is 0 Å². The van der Waals surface area contributed by atoms with E-state index in [1.165, 1.54) is 6.42 Å². The van der Waals surface area contributed by atoms with E-state index in [0.29, 0.717) is 6.54 Å². The van der Waals surface area contributed by atoms with E-state index in [1.54, 1.807) is 4.90 Å². The third kappa shape index (κ3) is 3.42. The summed E-state index contributed by atoms with van der Waals surface area (Å²) in [4.78, 5) is 27.8. The molecule has 1 spiro atoms. The summed E-state index contributed by atoms with van der Waals surface area (Å²) in [6.45, 7) is 7.42. The highest BCUT2D eigenvalue weighted by molar-refractivity contribution is 5.94. The molecular weight excluding hydrogens is 376 g/mol. The predicted octanol–water partition coefficient (Wildman–Crippen LogP) is 3.67. The van der Waals surface area contributed by atoms with Crippen molar-refractivity contribution in [2.75, 3.05) is 6.54 Å². The van der Waals surface area contributed by atoms with E-state index in [4.69, 9.17) is 0 Å². The Hall–Kier alpha value is -2.63. The second-order valence-electron chi connectivity index (χ2n) is 8.70. The first-order chi connectivity index (χ1) is 14.5. The standard InChI is InChI=1S/C24H32N4O2/c1-4-28-18(3)20(17(2)26-28)15-25-21(29)16-27-22(19-11-7-5-8-12-19)24(23(27)30)13-9-6-10-14-24/h5,7-8,11-12,22H,4,6,9-10,13-16H2,1-3H3,(H,25,29). The summed E-state index contributed by atoms with van der Waals surface area (Å²) in [5, 5.41) is 7.53. The minimum absolute atomic E-state index is 0.00330. The molecule has 0 radical (unpaired) electrons. The van der Waals surface area contributed by atoms with E-state index in [1.807, 2.05) is 36.7 Å². The molecule has 1 aliphatic carbocycles. The van der Waals surface area contributed by atoms with Gasteiger partial charge in [-0.2, -0.15) is 5.10 Å². The van der Waals surface area contributed by atoms with Crippen molar-refractivity contribution in [2.45, 2.75) is 72.0 Å². The lowest BCUT2D eigenvalue weighted by Crippen LogP contribution is -2.65. The zero-order valence-corrected chi connectivity index (χ0v) is 18.3. The molecule has 2 amide bonds. The van der Waals surface area contributed by atoms with Crippen molar-refractivity contribution in [3.8, 4) is 0 Å². The number of likely N-dealkylation sites (tertiary alicyclic amines) is 1. The van der Waals surface area contributed by atoms with Gasteiger partial charge in [0.1, 0.15) is 6.54 Å². The van der Waals surface area contributed by atoms with Gasteiger partial charge in [-0.25, -0.2) is 0 Å². The van der Waals surface area contributed by atoms with Crippen LogP contribution in [0.2, 0.25) is 0 Å². The Kier molecular flexibility index (Phi) is 5.67. The van der Waals surface area contributed by atoms with Gasteiger partial charge in [0.05, 0.1) is 17.2 Å². The Balaban J connectivity index is 1.47. The number of nitrogens with zero attached hydrogens (tertiary/aromatic N) is 3. The first-order valence-corrected chi connectivity index (χ1v) is 11.1. The second kappa shape index (κ2) is 8.25. The number of hydrogen-bond acceptors (Lipinski definition) is 3. The fraction of sp³-hybridized carbons (Fsp3) is 0.542. The lowest BCUT2D eigenvalue weighted by atomic mass is 9.60. The third-order valence-corrected chi connectivity index (χ3v) is 6.99. The third-order valence-electron chi connectivity index (χ3n) is 6.99. The van der Waals surface area contributed by atoms with Crippen molar-refractivity contribution in [1.29, 1.82) is 0 Å². The van der Waals surface area contributed by atoms with E-state index in [9.17, 15) is 9.59 Å². The first-order valence-electron chi connectivity index (χ1n) is 11.1. The fourth-order valence-electron chi connectivity index (χ4n) is 5.42. The van der Waals surface area contributed by atoms with Crippen molar-refractivity contribution in [2.24, 2.45) is 5.41 Å². The summed E-state index contributed by atoms with van der Waals surface area (Å²) in [6, 6.07) is 10.2. The molecular formula is C24H32N4O2. The maximum atomic E-state index is 13.2. The molecule has 1 saturated carbocycles. The molecule has 1 atom stereocenters. The number of benzene rings is 1. The van der Waals surface area contributed by atoms with Crippen molar-refractivity contribution in [3.05, 3.63) is 52.8 Å². The molecule has 2 aliphatic rings. The van der Waals surface area contributed by atoms with Crippen LogP contribution in [0, 0.1) is 19.3 Å². The summed E-state index contributed by atoms with van der Waals surface area (Å²) in [6.07, 6.45) is 5.24. The monoisotopic (exact) mass is 408 g/mol. The normalized spacial score (nSPS) is 20.3. The zero-order chi connectivity index (χ0) is 21.3. The zero-order valence-electron chi connectivity index (χ0n) is 18.3. The molecule has 30 heavy (non-hydrogen) atoms. The van der Waals surface area contributed by atoms with Crippen molar-refractivity contribution in [1.82, 2.24) is 20.0 Å². The number of aryl methyl sites for hydroxylation is 2. The van der Waals surface area contributed by atoms with Crippen molar-refractivity contribution >= 4 is 11.8 Å². The van der Waals surface area contributed by atoms with Crippen LogP contribution in [0.25, 0.3) is 0 Å². The van der Waals surface area contributed by atoms with Crippen LogP contribution in [-0.4, -0.2) is 33.0 Å². The summed E-state index contributed by atoms with van der Waals surface area (Å²) < 4.78 is 1.95. The lowest BCUT2D eigenvalue weighted by molar-refractivity contribution is -0.180. The molecule has 1 unspecified atom stereocenters. The van der Waals surface area contributed by atoms with Gasteiger partial charge in [0, 0.05) is 24.3 Å². The predicted molar refractivity (Wildman–Crippen MR) is 116 cm³/mol. The van der Waals surface area contributed by atoms with Gasteiger partial charge < -0.3 is 10.2 Å². The highest BCUT2D eigenvalue weighted by atomic mass is 16.2. The minimum Gasteiger partial charge on any atom is -0.350 e. The quantitative estimate of drug-likeness (QED) is 0.742. The van der Waals surface area contributed by atoms with E-state index < -0.39 is 0 Å². The van der Waals surface area contributed by atoms with Crippen LogP contribution in [0.4, 0.5) is 0 Å². The maximum Gasteiger partial charge on any atom is 0.239 e. The van der Waals surface area contributed by atoms with Gasteiger partial charge in [0.25, 0.3) is 0 Å². The lowest BCUT2D eigenvalue weighted by Gasteiger charge is -2.58. The van der Waals surface area contributed by atoms with Gasteiger partial charge in [0.15, 0.2) is 0 Å². The van der Waals surface area contributed by atoms with Crippen LogP contribution in [0.1, 0.15) is 67.6 Å². The van der Waals surface area contributed by atoms with E-state index in [-0.39, 0.29) is 29.8 Å². The number of hydrogen-bond donors (Lipinski definition) is 1. The number of nitrogens with one attached hydrogen (secondary N) is 1. The summed E-state index contributed by atoms with van der Waals surface area (Å²) >= 11 is 0. The molecule has 4 rings (SSSR count). The van der Waals surface area contributed by atoms with Gasteiger partial charge in [-0.1, -0.05) is 49.6 Å². The maximum absolute atomic E-state index is 13.2. The number of carbonyl (C=O) groups is 2. The van der Waals surface area contributed by atoms with Crippen LogP contribution in [0.15, 0.2) is 30.3 Å². The van der Waals surface area contributed by atoms with Crippen molar-refractivity contribution in [3.63, 3.8) is 0 Å². The highest BCUT2D eigenvalue weighted by Crippen LogP contribution is 2.57. The fourth-order valence-corrected chi connectivity index (χ4v) is 5.42. The average molecular weight is 409 g/mol. The molecule has 0 bridgehead atoms. The number of aromatic nitrogens is 2. The number of amides is 2. The van der Waals surface area contributed by atoms with Gasteiger partial charge >= 0.3 is 0 Å². The van der Waals surface area contributed by atoms with Crippen molar-refractivity contribution < 1.29 is 9.59 Å². The Bertz CT molecular complexity index is 928. The molecule has 1 aliphatic heterocycles. The van der Waals surface area contributed by atoms with Crippen LogP contribution in [0.5, 0.6) is 0 Å². The Morgan fingerprint density at radius 1 is 1.17 bits per heavy atom. The summed E-state index contributed by atoms with van der Waals surface area (Å²) in [7, 11) is 0. The molecule has 2 fully saturated rings. The van der Waals surface area contributed by atoms with Crippen LogP contribution in [-0.2, 0) is 22.7 Å². The van der Waals surface area contributed by atoms with Gasteiger partial charge in [-0.3, -0.25) is 14.3 Å². The summed E-state index contributed by atoms with van der Waals surface area (Å²) in [5.74, 6) is 0.0374. The molecule has 1 N–H and O–H groups in total. The molecule has 1 aromatic heterocycles. The molecule has 6 nitrogen and oxygen atoms in total. The molecule has 1 aromatic carbocycles. The average Bonchev–Trinajstić information content (AvgIpc) is 3.05. The smallest absolute Gasteiger partial charge is 0.239 e. The van der Waals surface area contributed by atoms with Crippen LogP contribution in [0.3, 0.4) is 0 Å². The second-order valence-corrected chi connectivity index (χ2v) is 8.70. The highest BCUT2D eigenvalue weighted by Gasteiger charge is 2.60. The molecule has 160 valence electrons. The largest absolute Gasteiger partial charge is 0.350 e. The summed E-state index contributed by atoms with van der Waals surface area (Å²) in [5.41, 5.74) is 3.91. The Morgan fingerprint density at radius 2 is 1.87 bits per heavy atom. The molecule has 6 heteroatoms. The minimum atomic E-state index is -0.310. The SMILES string of the molecule is CCn1nc(C)c(CNC(=O)CN2C(=O)C3(CCCCC3)C2c2ccccc2)c1C.